The van der Waals surface area contributed by atoms with E-state index in [1.54, 1.807) is 0 Å². The van der Waals surface area contributed by atoms with Gasteiger partial charge < -0.3 is 14.4 Å². The van der Waals surface area contributed by atoms with Crippen LogP contribution in [-0.2, 0) is 16.0 Å². The number of aromatic nitrogens is 3. The lowest BCUT2D eigenvalue weighted by Crippen LogP contribution is -2.35. The Labute approximate surface area is 129 Å². The van der Waals surface area contributed by atoms with E-state index >= 15 is 0 Å². The number of ether oxygens (including phenoxy) is 1. The number of aryl methyl sites for hydroxylation is 1. The number of nitrogens with zero attached hydrogens (tertiary/aromatic N) is 3. The van der Waals surface area contributed by atoms with Gasteiger partial charge in [-0.05, 0) is 33.1 Å². The quantitative estimate of drug-likeness (QED) is 0.813. The Hall–Kier alpha value is -1.08. The van der Waals surface area contributed by atoms with Crippen molar-refractivity contribution in [3.8, 4) is 0 Å². The molecule has 2 heterocycles. The normalized spacial score (nSPS) is 21.4. The summed E-state index contributed by atoms with van der Waals surface area (Å²) in [5.41, 5.74) is -0.161. The van der Waals surface area contributed by atoms with Gasteiger partial charge in [-0.15, -0.1) is 10.2 Å². The van der Waals surface area contributed by atoms with Gasteiger partial charge in [0, 0.05) is 19.1 Å². The van der Waals surface area contributed by atoms with Gasteiger partial charge in [0.05, 0.1) is 11.4 Å². The van der Waals surface area contributed by atoms with E-state index in [4.69, 9.17) is 9.84 Å². The lowest BCUT2D eigenvalue weighted by Gasteiger charge is -2.36. The van der Waals surface area contributed by atoms with Crippen molar-refractivity contribution in [2.24, 2.45) is 0 Å². The van der Waals surface area contributed by atoms with Crippen molar-refractivity contribution in [2.75, 3.05) is 12.4 Å². The second kappa shape index (κ2) is 6.79. The van der Waals surface area contributed by atoms with Gasteiger partial charge in [-0.1, -0.05) is 18.7 Å². The molecule has 0 aromatic carbocycles. The number of thioether (sulfide) groups is 1. The van der Waals surface area contributed by atoms with Crippen LogP contribution in [0.2, 0.25) is 0 Å². The minimum atomic E-state index is -0.834. The van der Waals surface area contributed by atoms with Gasteiger partial charge >= 0.3 is 5.97 Å². The average molecular weight is 313 g/mol. The molecule has 1 N–H and O–H groups in total. The molecule has 1 saturated heterocycles. The summed E-state index contributed by atoms with van der Waals surface area (Å²) in [5, 5.41) is 18.0. The van der Waals surface area contributed by atoms with Gasteiger partial charge in [-0.25, -0.2) is 0 Å². The molecule has 6 nitrogen and oxygen atoms in total. The number of rotatable bonds is 6. The molecule has 118 valence electrons. The molecule has 1 aromatic rings. The fourth-order valence-corrected chi connectivity index (χ4v) is 3.46. The summed E-state index contributed by atoms with van der Waals surface area (Å²) in [6.07, 6.45) is 3.66. The number of aliphatic carboxylic acids is 1. The number of carboxylic acids is 1. The molecule has 0 spiro atoms. The van der Waals surface area contributed by atoms with Crippen LogP contribution >= 0.6 is 11.8 Å². The maximum absolute atomic E-state index is 10.8. The van der Waals surface area contributed by atoms with Crippen LogP contribution in [0.15, 0.2) is 5.16 Å². The fourth-order valence-electron chi connectivity index (χ4n) is 2.71. The third-order valence-corrected chi connectivity index (χ3v) is 4.50. The molecule has 1 atom stereocenters. The fraction of sp³-hybridized carbons (Fsp3) is 0.786. The summed E-state index contributed by atoms with van der Waals surface area (Å²) in [6.45, 7) is 7.00. The Kier molecular flexibility index (Phi) is 5.27. The van der Waals surface area contributed by atoms with Crippen molar-refractivity contribution in [2.45, 2.75) is 63.3 Å². The highest BCUT2D eigenvalue weighted by Crippen LogP contribution is 2.35. The molecule has 1 fully saturated rings. The maximum Gasteiger partial charge on any atom is 0.313 e. The van der Waals surface area contributed by atoms with Crippen LogP contribution in [0, 0.1) is 0 Å². The van der Waals surface area contributed by atoms with Gasteiger partial charge in [0.1, 0.15) is 5.82 Å². The van der Waals surface area contributed by atoms with E-state index in [1.165, 1.54) is 11.8 Å². The first-order valence-electron chi connectivity index (χ1n) is 7.35. The molecule has 0 bridgehead atoms. The monoisotopic (exact) mass is 313 g/mol. The van der Waals surface area contributed by atoms with Crippen LogP contribution in [0.1, 0.15) is 51.9 Å². The largest absolute Gasteiger partial charge is 0.481 e. The smallest absolute Gasteiger partial charge is 0.313 e. The van der Waals surface area contributed by atoms with Crippen LogP contribution in [0.5, 0.6) is 0 Å². The van der Waals surface area contributed by atoms with Gasteiger partial charge in [-0.3, -0.25) is 4.79 Å². The Morgan fingerprint density at radius 2 is 2.29 bits per heavy atom. The number of hydrogen-bond donors (Lipinski definition) is 1. The minimum Gasteiger partial charge on any atom is -0.481 e. The van der Waals surface area contributed by atoms with E-state index in [0.717, 1.165) is 31.5 Å². The lowest BCUT2D eigenvalue weighted by atomic mass is 9.93. The maximum atomic E-state index is 10.8. The summed E-state index contributed by atoms with van der Waals surface area (Å²) in [7, 11) is 0. The standard InChI is InChI=1S/C14H23N3O3S/c1-4-5-11-15-16-13(21-9-12(18)19)17(11)10-6-7-20-14(2,3)8-10/h10H,4-9H2,1-3H3,(H,18,19). The van der Waals surface area contributed by atoms with Crippen molar-refractivity contribution in [1.82, 2.24) is 14.8 Å². The first kappa shape index (κ1) is 16.3. The van der Waals surface area contributed by atoms with E-state index in [0.29, 0.717) is 11.8 Å². The summed E-state index contributed by atoms with van der Waals surface area (Å²) in [6, 6.07) is 0.279. The predicted molar refractivity (Wildman–Crippen MR) is 80.7 cm³/mol. The van der Waals surface area contributed by atoms with E-state index in [2.05, 4.69) is 35.5 Å². The summed E-state index contributed by atoms with van der Waals surface area (Å²) < 4.78 is 7.92. The second-order valence-corrected chi connectivity index (χ2v) is 6.90. The SMILES string of the molecule is CCCc1nnc(SCC(=O)O)n1C1CCOC(C)(C)C1. The average Bonchev–Trinajstić information content (AvgIpc) is 2.78. The molecule has 7 heteroatoms. The molecule has 0 saturated carbocycles. The van der Waals surface area contributed by atoms with Crippen molar-refractivity contribution in [3.63, 3.8) is 0 Å². The molecule has 1 aliphatic rings. The van der Waals surface area contributed by atoms with Gasteiger partial charge in [0.25, 0.3) is 0 Å². The van der Waals surface area contributed by atoms with Crippen molar-refractivity contribution < 1.29 is 14.6 Å². The summed E-state index contributed by atoms with van der Waals surface area (Å²) >= 11 is 1.24. The van der Waals surface area contributed by atoms with Gasteiger partial charge in [0.2, 0.25) is 0 Å². The van der Waals surface area contributed by atoms with E-state index in [9.17, 15) is 4.79 Å². The molecule has 21 heavy (non-hydrogen) atoms. The van der Waals surface area contributed by atoms with E-state index in [1.807, 2.05) is 0 Å². The zero-order valence-corrected chi connectivity index (χ0v) is 13.7. The summed E-state index contributed by atoms with van der Waals surface area (Å²) in [5.74, 6) is 0.128. The van der Waals surface area contributed by atoms with Gasteiger partial charge in [-0.2, -0.15) is 0 Å². The molecule has 0 radical (unpaired) electrons. The highest BCUT2D eigenvalue weighted by Gasteiger charge is 2.32. The molecule has 0 aliphatic carbocycles. The third kappa shape index (κ3) is 4.20. The Bertz CT molecular complexity index is 502. The Balaban J connectivity index is 2.25. The zero-order chi connectivity index (χ0) is 15.5. The van der Waals surface area contributed by atoms with Crippen molar-refractivity contribution >= 4 is 17.7 Å². The van der Waals surface area contributed by atoms with Crippen LogP contribution in [0.4, 0.5) is 0 Å². The molecule has 1 aromatic heterocycles. The minimum absolute atomic E-state index is 0.0108. The van der Waals surface area contributed by atoms with Crippen LogP contribution in [0.25, 0.3) is 0 Å². The molecular formula is C14H23N3O3S. The van der Waals surface area contributed by atoms with E-state index < -0.39 is 5.97 Å². The van der Waals surface area contributed by atoms with Crippen LogP contribution in [0.3, 0.4) is 0 Å². The van der Waals surface area contributed by atoms with Crippen molar-refractivity contribution in [1.29, 1.82) is 0 Å². The first-order valence-corrected chi connectivity index (χ1v) is 8.34. The third-order valence-electron chi connectivity index (χ3n) is 3.57. The number of carbonyl (C=O) groups is 1. The first-order chi connectivity index (χ1) is 9.93. The summed E-state index contributed by atoms with van der Waals surface area (Å²) in [4.78, 5) is 10.8. The second-order valence-electron chi connectivity index (χ2n) is 5.96. The lowest BCUT2D eigenvalue weighted by molar-refractivity contribution is -0.133. The van der Waals surface area contributed by atoms with Crippen LogP contribution < -0.4 is 0 Å². The molecule has 1 aliphatic heterocycles. The van der Waals surface area contributed by atoms with Crippen molar-refractivity contribution in [3.05, 3.63) is 5.82 Å². The number of carboxylic acid groups (broad SMARTS) is 1. The number of hydrogen-bond acceptors (Lipinski definition) is 5. The Morgan fingerprint density at radius 1 is 1.52 bits per heavy atom. The molecular weight excluding hydrogens is 290 g/mol. The zero-order valence-electron chi connectivity index (χ0n) is 12.8. The van der Waals surface area contributed by atoms with Crippen LogP contribution in [-0.4, -0.2) is 43.8 Å². The topological polar surface area (TPSA) is 77.2 Å². The predicted octanol–water partition coefficient (Wildman–Crippen LogP) is 2.54. The Morgan fingerprint density at radius 3 is 2.90 bits per heavy atom. The highest BCUT2D eigenvalue weighted by molar-refractivity contribution is 7.99. The van der Waals surface area contributed by atoms with E-state index in [-0.39, 0.29) is 17.4 Å². The molecule has 0 amide bonds. The molecule has 1 unspecified atom stereocenters. The molecule has 2 rings (SSSR count). The highest BCUT2D eigenvalue weighted by atomic mass is 32.2. The van der Waals surface area contributed by atoms with Gasteiger partial charge in [0.15, 0.2) is 5.16 Å².